The SMILES string of the molecule is CC(C)Cn1c(SCC(=O)NC2CCCCCCC2)nc2ccccc2c1=O. The van der Waals surface area contributed by atoms with Gasteiger partial charge in [0.05, 0.1) is 16.7 Å². The second kappa shape index (κ2) is 10.1. The van der Waals surface area contributed by atoms with Gasteiger partial charge < -0.3 is 5.32 Å². The number of hydrogen-bond donors (Lipinski definition) is 1. The number of nitrogens with one attached hydrogen (secondary N) is 1. The predicted molar refractivity (Wildman–Crippen MR) is 116 cm³/mol. The van der Waals surface area contributed by atoms with E-state index in [1.807, 2.05) is 24.3 Å². The van der Waals surface area contributed by atoms with E-state index in [0.29, 0.717) is 34.3 Å². The molecule has 0 atom stereocenters. The molecule has 0 aliphatic heterocycles. The number of thioether (sulfide) groups is 1. The molecule has 0 radical (unpaired) electrons. The third-order valence-electron chi connectivity index (χ3n) is 5.18. The molecule has 1 aliphatic rings. The van der Waals surface area contributed by atoms with Crippen molar-refractivity contribution in [2.24, 2.45) is 5.92 Å². The van der Waals surface area contributed by atoms with E-state index in [1.165, 1.54) is 43.9 Å². The number of benzene rings is 1. The summed E-state index contributed by atoms with van der Waals surface area (Å²) in [6, 6.07) is 7.71. The van der Waals surface area contributed by atoms with Crippen LogP contribution in [0.15, 0.2) is 34.2 Å². The third-order valence-corrected chi connectivity index (χ3v) is 6.15. The van der Waals surface area contributed by atoms with Crippen molar-refractivity contribution in [2.75, 3.05) is 5.75 Å². The maximum Gasteiger partial charge on any atom is 0.262 e. The van der Waals surface area contributed by atoms with Crippen molar-refractivity contribution in [2.45, 2.75) is 76.5 Å². The number of rotatable bonds is 6. The van der Waals surface area contributed by atoms with Crippen molar-refractivity contribution in [3.63, 3.8) is 0 Å². The van der Waals surface area contributed by atoms with Gasteiger partial charge in [-0.3, -0.25) is 14.2 Å². The fourth-order valence-corrected chi connectivity index (χ4v) is 4.60. The van der Waals surface area contributed by atoms with Gasteiger partial charge in [-0.15, -0.1) is 0 Å². The molecule has 1 heterocycles. The molecule has 1 N–H and O–H groups in total. The number of carbonyl (C=O) groups excluding carboxylic acids is 1. The normalized spacial score (nSPS) is 16.1. The highest BCUT2D eigenvalue weighted by Gasteiger charge is 2.17. The summed E-state index contributed by atoms with van der Waals surface area (Å²) in [5, 5.41) is 4.45. The van der Waals surface area contributed by atoms with Crippen molar-refractivity contribution in [1.82, 2.24) is 14.9 Å². The van der Waals surface area contributed by atoms with Gasteiger partial charge >= 0.3 is 0 Å². The molecule has 5 nitrogen and oxygen atoms in total. The van der Waals surface area contributed by atoms with Crippen molar-refractivity contribution in [3.8, 4) is 0 Å². The highest BCUT2D eigenvalue weighted by Crippen LogP contribution is 2.20. The Morgan fingerprint density at radius 2 is 1.86 bits per heavy atom. The molecule has 3 rings (SSSR count). The summed E-state index contributed by atoms with van der Waals surface area (Å²) in [6.45, 7) is 4.76. The van der Waals surface area contributed by atoms with Gasteiger partial charge in [0.1, 0.15) is 0 Å². The Labute approximate surface area is 171 Å². The van der Waals surface area contributed by atoms with Gasteiger partial charge in [0.25, 0.3) is 5.56 Å². The summed E-state index contributed by atoms with van der Waals surface area (Å²) in [6.07, 6.45) is 8.38. The summed E-state index contributed by atoms with van der Waals surface area (Å²) >= 11 is 1.36. The van der Waals surface area contributed by atoms with Crippen LogP contribution in [-0.2, 0) is 11.3 Å². The molecule has 6 heteroatoms. The van der Waals surface area contributed by atoms with Crippen molar-refractivity contribution in [1.29, 1.82) is 0 Å². The van der Waals surface area contributed by atoms with E-state index >= 15 is 0 Å². The largest absolute Gasteiger partial charge is 0.353 e. The van der Waals surface area contributed by atoms with Crippen LogP contribution < -0.4 is 10.9 Å². The van der Waals surface area contributed by atoms with Gasteiger partial charge in [-0.2, -0.15) is 0 Å². The van der Waals surface area contributed by atoms with E-state index in [4.69, 9.17) is 0 Å². The first-order valence-electron chi connectivity index (χ1n) is 10.5. The number of fused-ring (bicyclic) bond motifs is 1. The lowest BCUT2D eigenvalue weighted by Crippen LogP contribution is -2.36. The molecule has 1 amide bonds. The Bertz CT molecular complexity index is 854. The molecular formula is C22H31N3O2S. The molecular weight excluding hydrogens is 370 g/mol. The second-order valence-electron chi connectivity index (χ2n) is 8.12. The van der Waals surface area contributed by atoms with E-state index < -0.39 is 0 Å². The number of amides is 1. The van der Waals surface area contributed by atoms with Crippen LogP contribution >= 0.6 is 11.8 Å². The molecule has 28 heavy (non-hydrogen) atoms. The monoisotopic (exact) mass is 401 g/mol. The molecule has 0 saturated heterocycles. The van der Waals surface area contributed by atoms with Crippen LogP contribution in [-0.4, -0.2) is 27.3 Å². The fraction of sp³-hybridized carbons (Fsp3) is 0.591. The maximum atomic E-state index is 12.9. The molecule has 0 bridgehead atoms. The van der Waals surface area contributed by atoms with Gasteiger partial charge in [-0.25, -0.2) is 4.98 Å². The number of nitrogens with zero attached hydrogens (tertiary/aromatic N) is 2. The van der Waals surface area contributed by atoms with Gasteiger partial charge in [-0.05, 0) is 30.9 Å². The minimum absolute atomic E-state index is 0.0257. The predicted octanol–water partition coefficient (Wildman–Crippen LogP) is 4.37. The van der Waals surface area contributed by atoms with Crippen LogP contribution in [0.5, 0.6) is 0 Å². The molecule has 2 aromatic rings. The van der Waals surface area contributed by atoms with E-state index in [9.17, 15) is 9.59 Å². The molecule has 1 saturated carbocycles. The van der Waals surface area contributed by atoms with Crippen LogP contribution in [0.3, 0.4) is 0 Å². The van der Waals surface area contributed by atoms with Crippen molar-refractivity contribution >= 4 is 28.6 Å². The van der Waals surface area contributed by atoms with Gasteiger partial charge in [0.15, 0.2) is 5.16 Å². The van der Waals surface area contributed by atoms with Crippen LogP contribution in [0.2, 0.25) is 0 Å². The third kappa shape index (κ3) is 5.60. The van der Waals surface area contributed by atoms with Gasteiger partial charge in [0, 0.05) is 12.6 Å². The molecule has 0 spiro atoms. The smallest absolute Gasteiger partial charge is 0.262 e. The van der Waals surface area contributed by atoms with E-state index in [2.05, 4.69) is 24.1 Å². The molecule has 0 unspecified atom stereocenters. The number of aromatic nitrogens is 2. The minimum Gasteiger partial charge on any atom is -0.353 e. The molecule has 1 aliphatic carbocycles. The Morgan fingerprint density at radius 1 is 1.18 bits per heavy atom. The second-order valence-corrected chi connectivity index (χ2v) is 9.06. The zero-order valence-electron chi connectivity index (χ0n) is 16.9. The first-order valence-corrected chi connectivity index (χ1v) is 11.4. The fourth-order valence-electron chi connectivity index (χ4n) is 3.78. The minimum atomic E-state index is -0.0257. The van der Waals surface area contributed by atoms with Crippen LogP contribution in [0.25, 0.3) is 10.9 Å². The maximum absolute atomic E-state index is 12.9. The van der Waals surface area contributed by atoms with Gasteiger partial charge in [0.2, 0.25) is 5.91 Å². The average Bonchev–Trinajstić information content (AvgIpc) is 2.64. The summed E-state index contributed by atoms with van der Waals surface area (Å²) in [5.74, 6) is 0.650. The lowest BCUT2D eigenvalue weighted by Gasteiger charge is -2.21. The van der Waals surface area contributed by atoms with Crippen LogP contribution in [0.1, 0.15) is 58.8 Å². The molecule has 1 aromatic carbocycles. The van der Waals surface area contributed by atoms with Crippen molar-refractivity contribution in [3.05, 3.63) is 34.6 Å². The first kappa shape index (κ1) is 20.9. The summed E-state index contributed by atoms with van der Waals surface area (Å²) in [7, 11) is 0. The molecule has 152 valence electrons. The van der Waals surface area contributed by atoms with Crippen molar-refractivity contribution < 1.29 is 4.79 Å². The quantitative estimate of drug-likeness (QED) is 0.576. The Kier molecular flexibility index (Phi) is 7.54. The standard InChI is InChI=1S/C22H31N3O2S/c1-16(2)14-25-21(27)18-12-8-9-13-19(18)24-22(25)28-15-20(26)23-17-10-6-4-3-5-7-11-17/h8-9,12-13,16-17H,3-7,10-11,14-15H2,1-2H3,(H,23,26). The van der Waals surface area contributed by atoms with E-state index in [1.54, 1.807) is 4.57 Å². The van der Waals surface area contributed by atoms with Crippen LogP contribution in [0, 0.1) is 5.92 Å². The average molecular weight is 402 g/mol. The zero-order chi connectivity index (χ0) is 19.9. The molecule has 1 aromatic heterocycles. The first-order chi connectivity index (χ1) is 13.5. The summed E-state index contributed by atoms with van der Waals surface area (Å²) in [4.78, 5) is 30.1. The Morgan fingerprint density at radius 3 is 2.57 bits per heavy atom. The number of para-hydroxylation sites is 1. The summed E-state index contributed by atoms with van der Waals surface area (Å²) in [5.41, 5.74) is 0.664. The van der Waals surface area contributed by atoms with E-state index in [-0.39, 0.29) is 17.5 Å². The molecule has 1 fully saturated rings. The number of carbonyl (C=O) groups is 1. The lowest BCUT2D eigenvalue weighted by molar-refractivity contribution is -0.119. The van der Waals surface area contributed by atoms with Crippen LogP contribution in [0.4, 0.5) is 0 Å². The topological polar surface area (TPSA) is 64.0 Å². The van der Waals surface area contributed by atoms with Gasteiger partial charge in [-0.1, -0.05) is 69.8 Å². The highest BCUT2D eigenvalue weighted by atomic mass is 32.2. The zero-order valence-corrected chi connectivity index (χ0v) is 17.8. The summed E-state index contributed by atoms with van der Waals surface area (Å²) < 4.78 is 1.72. The Hall–Kier alpha value is -1.82. The van der Waals surface area contributed by atoms with E-state index in [0.717, 1.165) is 12.8 Å². The highest BCUT2D eigenvalue weighted by molar-refractivity contribution is 7.99. The Balaban J connectivity index is 1.71. The number of hydrogen-bond acceptors (Lipinski definition) is 4. The lowest BCUT2D eigenvalue weighted by atomic mass is 9.97.